The van der Waals surface area contributed by atoms with Gasteiger partial charge in [0.2, 0.25) is 23.1 Å². The van der Waals surface area contributed by atoms with Crippen molar-refractivity contribution in [1.29, 1.82) is 0 Å². The molecule has 5 rings (SSSR count). The summed E-state index contributed by atoms with van der Waals surface area (Å²) in [5.74, 6) is -1.08. The first kappa shape index (κ1) is 41.3. The van der Waals surface area contributed by atoms with Crippen molar-refractivity contribution >= 4 is 86.6 Å². The van der Waals surface area contributed by atoms with E-state index in [4.69, 9.17) is 39.0 Å². The maximum Gasteiger partial charge on any atom is 1.00 e. The van der Waals surface area contributed by atoms with E-state index < -0.39 is 11.6 Å². The minimum atomic E-state index is -0.396. The van der Waals surface area contributed by atoms with Crippen LogP contribution in [0.3, 0.4) is 0 Å². The van der Waals surface area contributed by atoms with Crippen LogP contribution < -0.4 is 124 Å². The van der Waals surface area contributed by atoms with Gasteiger partial charge in [-0.05, 0) is 12.2 Å². The van der Waals surface area contributed by atoms with Crippen molar-refractivity contribution in [3.05, 3.63) is 91.4 Å². The number of thiocarbonyl (C=S) groups is 1. The van der Waals surface area contributed by atoms with Gasteiger partial charge in [0.25, 0.3) is 6.47 Å². The van der Waals surface area contributed by atoms with Gasteiger partial charge >= 0.3 is 103 Å². The number of nitrogens with one attached hydrogen (secondary N) is 2. The average molecular weight is 702 g/mol. The van der Waals surface area contributed by atoms with E-state index in [1.54, 1.807) is 62.6 Å². The predicted molar refractivity (Wildman–Crippen MR) is 153 cm³/mol. The third-order valence-corrected chi connectivity index (χ3v) is 7.07. The van der Waals surface area contributed by atoms with Gasteiger partial charge < -0.3 is 27.9 Å². The molecule has 42 heavy (non-hydrogen) atoms. The molecular weight excluding hydrogens is 682 g/mol. The summed E-state index contributed by atoms with van der Waals surface area (Å²) in [5, 5.41) is 14.4. The number of anilines is 1. The van der Waals surface area contributed by atoms with Crippen molar-refractivity contribution in [1.82, 2.24) is 10.3 Å². The first-order valence-electron chi connectivity index (χ1n) is 10.8. The third kappa shape index (κ3) is 10.4. The number of nitrogens with two attached hydrogens (primary N) is 1. The summed E-state index contributed by atoms with van der Waals surface area (Å²) in [4.78, 5) is 63.2. The van der Waals surface area contributed by atoms with E-state index in [-0.39, 0.29) is 138 Å². The standard InChI is InChI=1S/C12H8N2O2S.C10H4Cl2O2.C2H6N2S.CH2O3.2K.H/c1-13-12-14-8-9(15)6-4-2-3-5-7(6)10(16)11(8)17-12;11-7-8(12)10(14)6-4-2-1-3-5(6)9(7)13;1-4-2(3)5;2-1-4-3;;;/h2-5H,1H3,(H,13,14);1-4H;1H3,(H3,3,4,5);1,3H;;;/q;;;;2*+1;-1/p-1. The van der Waals surface area contributed by atoms with Gasteiger partial charge in [-0.15, -0.1) is 0 Å². The minimum absolute atomic E-state index is 0. The Labute approximate surface area is 346 Å². The number of carbonyl (C=O) groups excluding carboxylic acids is 5. The molecule has 3 aromatic rings. The van der Waals surface area contributed by atoms with E-state index >= 15 is 0 Å². The van der Waals surface area contributed by atoms with Crippen molar-refractivity contribution < 1.29 is 138 Å². The van der Waals surface area contributed by atoms with Crippen LogP contribution in [0, 0.1) is 0 Å². The number of nitrogens with zero attached hydrogens (tertiary/aromatic N) is 1. The zero-order valence-electron chi connectivity index (χ0n) is 23.7. The van der Waals surface area contributed by atoms with Gasteiger partial charge in [-0.3, -0.25) is 24.0 Å². The fourth-order valence-corrected chi connectivity index (χ4v) is 4.42. The number of aromatic nitrogens is 1. The maximum absolute atomic E-state index is 12.2. The molecule has 11 nitrogen and oxygen atoms in total. The summed E-state index contributed by atoms with van der Waals surface area (Å²) in [6, 6.07) is 13.3. The number of hydrogen-bond acceptors (Lipinski definition) is 11. The van der Waals surface area contributed by atoms with Crippen LogP contribution in [0.5, 0.6) is 0 Å². The van der Waals surface area contributed by atoms with Crippen LogP contribution >= 0.6 is 46.8 Å². The Kier molecular flexibility index (Phi) is 20.0. The summed E-state index contributed by atoms with van der Waals surface area (Å²) < 4.78 is 0. The number of rotatable bonds is 2. The first-order chi connectivity index (χ1) is 19.0. The number of ketones is 4. The molecule has 0 atom stereocenters. The summed E-state index contributed by atoms with van der Waals surface area (Å²) in [6.07, 6.45) is 0. The molecule has 2 aliphatic carbocycles. The number of hydrogen-bond donors (Lipinski definition) is 3. The first-order valence-corrected chi connectivity index (χ1v) is 12.8. The zero-order valence-corrected chi connectivity index (χ0v) is 32.0. The van der Waals surface area contributed by atoms with Crippen LogP contribution in [-0.2, 0) is 9.68 Å². The van der Waals surface area contributed by atoms with Crippen LogP contribution in [0.1, 0.15) is 53.4 Å². The Hall–Kier alpha value is -0.737. The predicted octanol–water partition coefficient (Wildman–Crippen LogP) is -3.28. The third-order valence-electron chi connectivity index (χ3n) is 4.97. The number of allylic oxidation sites excluding steroid dienone is 2. The number of fused-ring (bicyclic) bond motifs is 3. The van der Waals surface area contributed by atoms with Crippen LogP contribution in [-0.4, -0.2) is 53.8 Å². The quantitative estimate of drug-likeness (QED) is 0.0625. The monoisotopic (exact) mass is 700 g/mol. The molecule has 0 unspecified atom stereocenters. The second-order valence-electron chi connectivity index (χ2n) is 7.29. The fourth-order valence-electron chi connectivity index (χ4n) is 3.18. The Morgan fingerprint density at radius 2 is 1.26 bits per heavy atom. The van der Waals surface area contributed by atoms with Crippen molar-refractivity contribution in [2.45, 2.75) is 0 Å². The Bertz CT molecular complexity index is 1450. The summed E-state index contributed by atoms with van der Waals surface area (Å²) in [5.41, 5.74) is 6.71. The number of Topliss-reactive ketones (excluding diaryl/α,β-unsaturated/α-hetero) is 2. The Morgan fingerprint density at radius 1 is 0.905 bits per heavy atom. The molecule has 4 N–H and O–H groups in total. The number of benzene rings is 2. The normalized spacial score (nSPS) is 11.9. The fraction of sp³-hybridized carbons (Fsp3) is 0.0800. The summed E-state index contributed by atoms with van der Waals surface area (Å²) >= 11 is 16.8. The summed E-state index contributed by atoms with van der Waals surface area (Å²) in [7, 11) is 3.40. The number of carbonyl (C=O) groups is 5. The van der Waals surface area contributed by atoms with Gasteiger partial charge in [0.05, 0.1) is 0 Å². The molecule has 0 aliphatic heterocycles. The van der Waals surface area contributed by atoms with E-state index in [1.165, 1.54) is 11.3 Å². The molecule has 2 aromatic carbocycles. The molecule has 17 heteroatoms. The van der Waals surface area contributed by atoms with Gasteiger partial charge in [0.15, 0.2) is 10.2 Å². The SMILES string of the molecule is CNC(N)=S.CNc1nc2c(s1)C(=O)c1ccccc1C2=O.O=C1C(Cl)=C(Cl)C(=O)c2ccccc21.O=CO[O-].[H-].[K+].[K+]. The van der Waals surface area contributed by atoms with Crippen molar-refractivity contribution in [2.24, 2.45) is 5.73 Å². The molecule has 1 aromatic heterocycles. The smallest absolute Gasteiger partial charge is 1.00 e. The van der Waals surface area contributed by atoms with E-state index in [1.807, 2.05) is 0 Å². The molecule has 2 aliphatic rings. The van der Waals surface area contributed by atoms with Gasteiger partial charge in [-0.1, -0.05) is 83.1 Å². The van der Waals surface area contributed by atoms with Crippen LogP contribution in [0.25, 0.3) is 0 Å². The molecule has 0 bridgehead atoms. The number of halogens is 2. The summed E-state index contributed by atoms with van der Waals surface area (Å²) in [6.45, 7) is -0.181. The van der Waals surface area contributed by atoms with Gasteiger partial charge in [0.1, 0.15) is 20.6 Å². The van der Waals surface area contributed by atoms with Crippen molar-refractivity contribution in [2.75, 3.05) is 19.4 Å². The molecule has 0 spiro atoms. The molecule has 0 amide bonds. The molecule has 1 heterocycles. The van der Waals surface area contributed by atoms with Crippen LogP contribution in [0.2, 0.25) is 0 Å². The van der Waals surface area contributed by atoms with Gasteiger partial charge in [0, 0.05) is 36.3 Å². The van der Waals surface area contributed by atoms with E-state index in [2.05, 4.69) is 32.7 Å². The van der Waals surface area contributed by atoms with Crippen LogP contribution in [0.15, 0.2) is 58.6 Å². The molecule has 0 saturated carbocycles. The Morgan fingerprint density at radius 3 is 1.60 bits per heavy atom. The minimum Gasteiger partial charge on any atom is -1.00 e. The van der Waals surface area contributed by atoms with Gasteiger partial charge in [-0.2, -0.15) is 0 Å². The van der Waals surface area contributed by atoms with Crippen molar-refractivity contribution in [3.8, 4) is 0 Å². The molecular formula is C25H20Cl2K2N4O7S2. The topological polar surface area (TPSA) is 181 Å². The average Bonchev–Trinajstić information content (AvgIpc) is 3.44. The maximum atomic E-state index is 12.2. The van der Waals surface area contributed by atoms with E-state index in [9.17, 15) is 19.2 Å². The largest absolute Gasteiger partial charge is 1.00 e. The molecule has 0 saturated heterocycles. The second kappa shape index (κ2) is 20.3. The number of thiazole rings is 1. The Balaban J connectivity index is 0. The van der Waals surface area contributed by atoms with Crippen molar-refractivity contribution in [3.63, 3.8) is 0 Å². The zero-order chi connectivity index (χ0) is 30.0. The van der Waals surface area contributed by atoms with E-state index in [0.29, 0.717) is 37.4 Å². The van der Waals surface area contributed by atoms with E-state index in [0.717, 1.165) is 0 Å². The molecule has 210 valence electrons. The van der Waals surface area contributed by atoms with Crippen LogP contribution in [0.4, 0.5) is 5.13 Å². The molecule has 0 fully saturated rings. The second-order valence-corrected chi connectivity index (χ2v) is 9.48. The molecule has 0 radical (unpaired) electrons. The van der Waals surface area contributed by atoms with Gasteiger partial charge in [-0.25, -0.2) is 4.98 Å².